The number of carbonyl (C=O) groups excluding carboxylic acids is 1. The third-order valence-electron chi connectivity index (χ3n) is 4.02. The van der Waals surface area contributed by atoms with Gasteiger partial charge in [0.25, 0.3) is 0 Å². The third-order valence-corrected chi connectivity index (χ3v) is 4.02. The molecule has 1 heterocycles. The summed E-state index contributed by atoms with van der Waals surface area (Å²) in [7, 11) is 0. The molecule has 4 heteroatoms. The Morgan fingerprint density at radius 3 is 2.50 bits per heavy atom. The SMILES string of the molecule is CCC(N)(CC)C(=O)N1CCC(C)C1CO. The molecule has 1 amide bonds. The number of carbonyl (C=O) groups is 1. The van der Waals surface area contributed by atoms with Crippen LogP contribution in [-0.2, 0) is 4.79 Å². The summed E-state index contributed by atoms with van der Waals surface area (Å²) in [6.45, 7) is 6.72. The number of nitrogens with zero attached hydrogens (tertiary/aromatic N) is 1. The molecule has 1 aliphatic rings. The summed E-state index contributed by atoms with van der Waals surface area (Å²) in [6, 6.07) is -0.0477. The molecule has 0 aromatic heterocycles. The van der Waals surface area contributed by atoms with E-state index in [0.29, 0.717) is 18.8 Å². The van der Waals surface area contributed by atoms with Crippen molar-refractivity contribution in [3.05, 3.63) is 0 Å². The van der Waals surface area contributed by atoms with E-state index in [4.69, 9.17) is 5.73 Å². The largest absolute Gasteiger partial charge is 0.394 e. The second-order valence-electron chi connectivity index (χ2n) is 4.88. The number of aliphatic hydroxyl groups excluding tert-OH is 1. The minimum absolute atomic E-state index is 0.000833. The lowest BCUT2D eigenvalue weighted by Crippen LogP contribution is -2.56. The highest BCUT2D eigenvalue weighted by Gasteiger charge is 2.41. The Bertz CT molecular complexity index is 251. The quantitative estimate of drug-likeness (QED) is 0.745. The maximum Gasteiger partial charge on any atom is 0.242 e. The van der Waals surface area contributed by atoms with Gasteiger partial charge in [-0.25, -0.2) is 0 Å². The van der Waals surface area contributed by atoms with Crippen molar-refractivity contribution in [3.63, 3.8) is 0 Å². The highest BCUT2D eigenvalue weighted by molar-refractivity contribution is 5.86. The number of hydrogen-bond acceptors (Lipinski definition) is 3. The van der Waals surface area contributed by atoms with Crippen LogP contribution in [0.1, 0.15) is 40.0 Å². The molecule has 0 radical (unpaired) electrons. The summed E-state index contributed by atoms with van der Waals surface area (Å²) in [6.07, 6.45) is 2.25. The van der Waals surface area contributed by atoms with E-state index >= 15 is 0 Å². The van der Waals surface area contributed by atoms with Crippen molar-refractivity contribution in [1.29, 1.82) is 0 Å². The van der Waals surface area contributed by atoms with Crippen LogP contribution in [0.15, 0.2) is 0 Å². The zero-order valence-corrected chi connectivity index (χ0v) is 10.6. The van der Waals surface area contributed by atoms with Crippen LogP contribution in [0, 0.1) is 5.92 Å². The zero-order valence-electron chi connectivity index (χ0n) is 10.6. The van der Waals surface area contributed by atoms with Gasteiger partial charge >= 0.3 is 0 Å². The monoisotopic (exact) mass is 228 g/mol. The first-order chi connectivity index (χ1) is 7.50. The second-order valence-corrected chi connectivity index (χ2v) is 4.88. The molecule has 0 saturated carbocycles. The maximum absolute atomic E-state index is 12.3. The molecule has 4 nitrogen and oxygen atoms in total. The van der Waals surface area contributed by atoms with Gasteiger partial charge in [0.05, 0.1) is 18.2 Å². The van der Waals surface area contributed by atoms with Crippen LogP contribution in [0.3, 0.4) is 0 Å². The molecular formula is C12H24N2O2. The van der Waals surface area contributed by atoms with E-state index in [-0.39, 0.29) is 18.6 Å². The lowest BCUT2D eigenvalue weighted by molar-refractivity contribution is -0.139. The number of aliphatic hydroxyl groups is 1. The molecule has 0 spiro atoms. The Hall–Kier alpha value is -0.610. The molecule has 0 aromatic carbocycles. The average molecular weight is 228 g/mol. The number of hydrogen-bond donors (Lipinski definition) is 2. The van der Waals surface area contributed by atoms with Crippen LogP contribution in [0.2, 0.25) is 0 Å². The van der Waals surface area contributed by atoms with E-state index in [1.807, 2.05) is 13.8 Å². The third kappa shape index (κ3) is 2.23. The van der Waals surface area contributed by atoms with Crippen molar-refractivity contribution in [2.24, 2.45) is 11.7 Å². The van der Waals surface area contributed by atoms with Gasteiger partial charge in [-0.1, -0.05) is 20.8 Å². The molecule has 0 aromatic rings. The van der Waals surface area contributed by atoms with Crippen LogP contribution >= 0.6 is 0 Å². The van der Waals surface area contributed by atoms with Crippen molar-refractivity contribution in [3.8, 4) is 0 Å². The average Bonchev–Trinajstić information content (AvgIpc) is 2.68. The summed E-state index contributed by atoms with van der Waals surface area (Å²) < 4.78 is 0. The van der Waals surface area contributed by atoms with Gasteiger partial charge in [-0.3, -0.25) is 4.79 Å². The second kappa shape index (κ2) is 5.15. The summed E-state index contributed by atoms with van der Waals surface area (Å²) in [5, 5.41) is 9.33. The van der Waals surface area contributed by atoms with E-state index in [2.05, 4.69) is 6.92 Å². The lowest BCUT2D eigenvalue weighted by Gasteiger charge is -2.34. The molecule has 16 heavy (non-hydrogen) atoms. The summed E-state index contributed by atoms with van der Waals surface area (Å²) in [5.41, 5.74) is 5.36. The van der Waals surface area contributed by atoms with Crippen molar-refractivity contribution in [2.75, 3.05) is 13.2 Å². The molecule has 2 atom stereocenters. The van der Waals surface area contributed by atoms with Crippen LogP contribution < -0.4 is 5.73 Å². The standard InChI is InChI=1S/C12H24N2O2/c1-4-12(13,5-2)11(16)14-7-6-9(3)10(14)8-15/h9-10,15H,4-8,13H2,1-3H3. The molecule has 0 aliphatic carbocycles. The molecule has 2 unspecified atom stereocenters. The van der Waals surface area contributed by atoms with Gasteiger partial charge in [0, 0.05) is 6.54 Å². The minimum atomic E-state index is -0.752. The topological polar surface area (TPSA) is 66.6 Å². The Morgan fingerprint density at radius 2 is 2.06 bits per heavy atom. The van der Waals surface area contributed by atoms with E-state index in [9.17, 15) is 9.90 Å². The van der Waals surface area contributed by atoms with Crippen LogP contribution in [-0.4, -0.2) is 40.6 Å². The molecular weight excluding hydrogens is 204 g/mol. The van der Waals surface area contributed by atoms with Crippen LogP contribution in [0.25, 0.3) is 0 Å². The number of nitrogens with two attached hydrogens (primary N) is 1. The van der Waals surface area contributed by atoms with E-state index in [0.717, 1.165) is 13.0 Å². The van der Waals surface area contributed by atoms with Gasteiger partial charge in [-0.05, 0) is 25.2 Å². The molecule has 0 bridgehead atoms. The number of likely N-dealkylation sites (tertiary alicyclic amines) is 1. The van der Waals surface area contributed by atoms with Crippen LogP contribution in [0.4, 0.5) is 0 Å². The first-order valence-electron chi connectivity index (χ1n) is 6.21. The lowest BCUT2D eigenvalue weighted by atomic mass is 9.92. The van der Waals surface area contributed by atoms with Crippen LogP contribution in [0.5, 0.6) is 0 Å². The highest BCUT2D eigenvalue weighted by Crippen LogP contribution is 2.27. The van der Waals surface area contributed by atoms with Gasteiger partial charge < -0.3 is 15.7 Å². The highest BCUT2D eigenvalue weighted by atomic mass is 16.3. The minimum Gasteiger partial charge on any atom is -0.394 e. The Balaban J connectivity index is 2.81. The first kappa shape index (κ1) is 13.5. The Kier molecular flexibility index (Phi) is 4.33. The smallest absolute Gasteiger partial charge is 0.242 e. The van der Waals surface area contributed by atoms with E-state index in [1.54, 1.807) is 4.90 Å². The van der Waals surface area contributed by atoms with Gasteiger partial charge in [-0.15, -0.1) is 0 Å². The van der Waals surface area contributed by atoms with Crippen molar-refractivity contribution < 1.29 is 9.90 Å². The predicted octanol–water partition coefficient (Wildman–Crippen LogP) is 0.733. The fourth-order valence-corrected chi connectivity index (χ4v) is 2.38. The van der Waals surface area contributed by atoms with E-state index in [1.165, 1.54) is 0 Å². The van der Waals surface area contributed by atoms with Gasteiger partial charge in [0.2, 0.25) is 5.91 Å². The van der Waals surface area contributed by atoms with Crippen molar-refractivity contribution in [1.82, 2.24) is 4.90 Å². The fraction of sp³-hybridized carbons (Fsp3) is 0.917. The molecule has 1 aliphatic heterocycles. The summed E-state index contributed by atoms with van der Waals surface area (Å²) in [4.78, 5) is 14.1. The molecule has 3 N–H and O–H groups in total. The number of rotatable bonds is 4. The number of amides is 1. The summed E-state index contributed by atoms with van der Waals surface area (Å²) >= 11 is 0. The van der Waals surface area contributed by atoms with Gasteiger partial charge in [0.1, 0.15) is 0 Å². The Labute approximate surface area is 97.8 Å². The predicted molar refractivity (Wildman–Crippen MR) is 63.9 cm³/mol. The van der Waals surface area contributed by atoms with Crippen molar-refractivity contribution in [2.45, 2.75) is 51.6 Å². The first-order valence-corrected chi connectivity index (χ1v) is 6.21. The molecule has 94 valence electrons. The van der Waals surface area contributed by atoms with E-state index < -0.39 is 5.54 Å². The maximum atomic E-state index is 12.3. The summed E-state index contributed by atoms with van der Waals surface area (Å²) in [5.74, 6) is 0.368. The fourth-order valence-electron chi connectivity index (χ4n) is 2.38. The molecule has 1 saturated heterocycles. The molecule has 1 rings (SSSR count). The Morgan fingerprint density at radius 1 is 1.50 bits per heavy atom. The normalized spacial score (nSPS) is 26.2. The van der Waals surface area contributed by atoms with Gasteiger partial charge in [0.15, 0.2) is 0 Å². The van der Waals surface area contributed by atoms with Gasteiger partial charge in [-0.2, -0.15) is 0 Å². The zero-order chi connectivity index (χ0) is 12.3. The van der Waals surface area contributed by atoms with Crippen molar-refractivity contribution >= 4 is 5.91 Å². The molecule has 1 fully saturated rings.